The van der Waals surface area contributed by atoms with Gasteiger partial charge in [0.25, 0.3) is 0 Å². The molecule has 0 aliphatic heterocycles. The maximum Gasteiger partial charge on any atom is 0.328 e. The third kappa shape index (κ3) is 4.53. The standard InChI is InChI=1S/C17H15ClO4/c1-21-16-10-12(5-9-17(19)20)4-8-15(16)22-11-13-2-6-14(18)7-3-13/h2-10H,11H2,1H3,(H,19,20). The first-order chi connectivity index (χ1) is 10.6. The number of hydrogen-bond donors (Lipinski definition) is 1. The Kier molecular flexibility index (Phi) is 5.44. The van der Waals surface area contributed by atoms with E-state index in [0.717, 1.165) is 17.2 Å². The molecule has 0 bridgehead atoms. The molecule has 0 radical (unpaired) electrons. The molecule has 0 heterocycles. The molecule has 0 fully saturated rings. The maximum absolute atomic E-state index is 10.5. The summed E-state index contributed by atoms with van der Waals surface area (Å²) in [6.45, 7) is 0.387. The summed E-state index contributed by atoms with van der Waals surface area (Å²) in [5.74, 6) is 0.133. The molecule has 2 aromatic rings. The van der Waals surface area contributed by atoms with Crippen molar-refractivity contribution in [1.29, 1.82) is 0 Å². The monoisotopic (exact) mass is 318 g/mol. The van der Waals surface area contributed by atoms with Gasteiger partial charge in [0.05, 0.1) is 7.11 Å². The lowest BCUT2D eigenvalue weighted by Gasteiger charge is -2.11. The van der Waals surface area contributed by atoms with E-state index in [2.05, 4.69) is 0 Å². The van der Waals surface area contributed by atoms with Gasteiger partial charge in [-0.1, -0.05) is 29.8 Å². The molecule has 0 aliphatic rings. The molecule has 0 aliphatic carbocycles. The predicted molar refractivity (Wildman–Crippen MR) is 85.4 cm³/mol. The van der Waals surface area contributed by atoms with Crippen LogP contribution in [0, 0.1) is 0 Å². The average molecular weight is 319 g/mol. The highest BCUT2D eigenvalue weighted by atomic mass is 35.5. The van der Waals surface area contributed by atoms with Crippen molar-refractivity contribution in [3.63, 3.8) is 0 Å². The lowest BCUT2D eigenvalue weighted by molar-refractivity contribution is -0.131. The highest BCUT2D eigenvalue weighted by molar-refractivity contribution is 6.30. The van der Waals surface area contributed by atoms with Gasteiger partial charge in [-0.2, -0.15) is 0 Å². The summed E-state index contributed by atoms with van der Waals surface area (Å²) in [5, 5.41) is 9.31. The van der Waals surface area contributed by atoms with Crippen molar-refractivity contribution in [2.24, 2.45) is 0 Å². The summed E-state index contributed by atoms with van der Waals surface area (Å²) in [7, 11) is 1.54. The van der Waals surface area contributed by atoms with E-state index >= 15 is 0 Å². The first-order valence-corrected chi connectivity index (χ1v) is 6.92. The Morgan fingerprint density at radius 1 is 1.18 bits per heavy atom. The number of aliphatic carboxylic acids is 1. The number of carboxylic acids is 1. The van der Waals surface area contributed by atoms with E-state index in [0.29, 0.717) is 23.1 Å². The molecular weight excluding hydrogens is 304 g/mol. The van der Waals surface area contributed by atoms with Gasteiger partial charge in [0.1, 0.15) is 6.61 Å². The van der Waals surface area contributed by atoms with Gasteiger partial charge in [-0.05, 0) is 41.5 Å². The van der Waals surface area contributed by atoms with Crippen LogP contribution in [-0.2, 0) is 11.4 Å². The van der Waals surface area contributed by atoms with Crippen LogP contribution in [0.15, 0.2) is 48.5 Å². The summed E-state index contributed by atoms with van der Waals surface area (Å²) in [6, 6.07) is 12.6. The summed E-state index contributed by atoms with van der Waals surface area (Å²) >= 11 is 5.84. The molecule has 0 amide bonds. The highest BCUT2D eigenvalue weighted by Crippen LogP contribution is 2.29. The number of hydrogen-bond acceptors (Lipinski definition) is 3. The Bertz CT molecular complexity index is 678. The molecule has 114 valence electrons. The van der Waals surface area contributed by atoms with Gasteiger partial charge in [0.2, 0.25) is 0 Å². The molecule has 0 saturated heterocycles. The van der Waals surface area contributed by atoms with Crippen LogP contribution >= 0.6 is 11.6 Å². The zero-order chi connectivity index (χ0) is 15.9. The van der Waals surface area contributed by atoms with Crippen molar-refractivity contribution in [3.8, 4) is 11.5 Å². The third-order valence-corrected chi connectivity index (χ3v) is 3.17. The Labute approximate surface area is 133 Å². The first kappa shape index (κ1) is 15.9. The largest absolute Gasteiger partial charge is 0.493 e. The molecule has 0 atom stereocenters. The Morgan fingerprint density at radius 3 is 2.55 bits per heavy atom. The van der Waals surface area contributed by atoms with Gasteiger partial charge in [0, 0.05) is 11.1 Å². The van der Waals surface area contributed by atoms with E-state index in [9.17, 15) is 4.79 Å². The van der Waals surface area contributed by atoms with E-state index in [4.69, 9.17) is 26.2 Å². The normalized spacial score (nSPS) is 10.6. The molecule has 2 rings (SSSR count). The summed E-state index contributed by atoms with van der Waals surface area (Å²) < 4.78 is 11.0. The highest BCUT2D eigenvalue weighted by Gasteiger charge is 2.05. The van der Waals surface area contributed by atoms with Crippen molar-refractivity contribution in [3.05, 3.63) is 64.7 Å². The minimum absolute atomic E-state index is 0.387. The van der Waals surface area contributed by atoms with Gasteiger partial charge >= 0.3 is 5.97 Å². The van der Waals surface area contributed by atoms with Crippen LogP contribution in [0.3, 0.4) is 0 Å². The molecule has 0 unspecified atom stereocenters. The number of carboxylic acid groups (broad SMARTS) is 1. The van der Waals surface area contributed by atoms with Crippen LogP contribution in [0.2, 0.25) is 5.02 Å². The minimum atomic E-state index is -0.998. The van der Waals surface area contributed by atoms with E-state index < -0.39 is 5.97 Å². The Morgan fingerprint density at radius 2 is 1.91 bits per heavy atom. The zero-order valence-corrected chi connectivity index (χ0v) is 12.7. The number of carbonyl (C=O) groups is 1. The fourth-order valence-corrected chi connectivity index (χ4v) is 1.94. The number of benzene rings is 2. The van der Waals surface area contributed by atoms with Crippen LogP contribution in [0.4, 0.5) is 0 Å². The fourth-order valence-electron chi connectivity index (χ4n) is 1.82. The summed E-state index contributed by atoms with van der Waals surface area (Å²) in [4.78, 5) is 10.5. The third-order valence-electron chi connectivity index (χ3n) is 2.91. The fraction of sp³-hybridized carbons (Fsp3) is 0.118. The van der Waals surface area contributed by atoms with Crippen molar-refractivity contribution < 1.29 is 19.4 Å². The molecule has 22 heavy (non-hydrogen) atoms. The average Bonchev–Trinajstić information content (AvgIpc) is 2.52. The van der Waals surface area contributed by atoms with Crippen LogP contribution in [0.5, 0.6) is 11.5 Å². The van der Waals surface area contributed by atoms with Gasteiger partial charge < -0.3 is 14.6 Å². The first-order valence-electron chi connectivity index (χ1n) is 6.55. The van der Waals surface area contributed by atoms with Crippen LogP contribution in [0.1, 0.15) is 11.1 Å². The minimum Gasteiger partial charge on any atom is -0.493 e. The SMILES string of the molecule is COc1cc(C=CC(=O)O)ccc1OCc1ccc(Cl)cc1. The molecule has 2 aromatic carbocycles. The smallest absolute Gasteiger partial charge is 0.328 e. The Hall–Kier alpha value is -2.46. The zero-order valence-electron chi connectivity index (χ0n) is 12.0. The second-order valence-corrected chi connectivity index (χ2v) is 4.93. The Balaban J connectivity index is 2.10. The molecule has 1 N–H and O–H groups in total. The lowest BCUT2D eigenvalue weighted by Crippen LogP contribution is -1.98. The van der Waals surface area contributed by atoms with E-state index in [1.807, 2.05) is 12.1 Å². The van der Waals surface area contributed by atoms with E-state index in [1.54, 1.807) is 30.3 Å². The second kappa shape index (κ2) is 7.52. The molecule has 5 heteroatoms. The van der Waals surface area contributed by atoms with E-state index in [-0.39, 0.29) is 0 Å². The van der Waals surface area contributed by atoms with Crippen LogP contribution in [0.25, 0.3) is 6.08 Å². The van der Waals surface area contributed by atoms with Crippen LogP contribution in [-0.4, -0.2) is 18.2 Å². The van der Waals surface area contributed by atoms with Crippen molar-refractivity contribution in [2.75, 3.05) is 7.11 Å². The number of methoxy groups -OCH3 is 1. The quantitative estimate of drug-likeness (QED) is 0.817. The van der Waals surface area contributed by atoms with Crippen molar-refractivity contribution in [2.45, 2.75) is 6.61 Å². The molecule has 0 saturated carbocycles. The summed E-state index contributed by atoms with van der Waals surface area (Å²) in [5.41, 5.74) is 1.71. The topological polar surface area (TPSA) is 55.8 Å². The molecular formula is C17H15ClO4. The van der Waals surface area contributed by atoms with Gasteiger partial charge in [-0.15, -0.1) is 0 Å². The van der Waals surface area contributed by atoms with Gasteiger partial charge in [-0.25, -0.2) is 4.79 Å². The van der Waals surface area contributed by atoms with E-state index in [1.165, 1.54) is 13.2 Å². The number of rotatable bonds is 6. The second-order valence-electron chi connectivity index (χ2n) is 4.50. The van der Waals surface area contributed by atoms with Crippen molar-refractivity contribution in [1.82, 2.24) is 0 Å². The van der Waals surface area contributed by atoms with Crippen molar-refractivity contribution >= 4 is 23.6 Å². The maximum atomic E-state index is 10.5. The molecule has 0 spiro atoms. The lowest BCUT2D eigenvalue weighted by atomic mass is 10.2. The molecule has 4 nitrogen and oxygen atoms in total. The number of halogens is 1. The van der Waals surface area contributed by atoms with Gasteiger partial charge in [-0.3, -0.25) is 0 Å². The van der Waals surface area contributed by atoms with Gasteiger partial charge in [0.15, 0.2) is 11.5 Å². The summed E-state index contributed by atoms with van der Waals surface area (Å²) in [6.07, 6.45) is 2.57. The molecule has 0 aromatic heterocycles. The number of ether oxygens (including phenoxy) is 2. The predicted octanol–water partition coefficient (Wildman–Crippen LogP) is 4.03. The van der Waals surface area contributed by atoms with Crippen LogP contribution < -0.4 is 9.47 Å².